The summed E-state index contributed by atoms with van der Waals surface area (Å²) in [7, 11) is 0. The molecule has 2 amide bonds. The van der Waals surface area contributed by atoms with Gasteiger partial charge in [-0.15, -0.1) is 24.8 Å². The number of carbonyl (C=O) groups is 2. The number of carbonyl (C=O) groups excluding carboxylic acids is 2. The number of nitrogens with one attached hydrogen (secondary N) is 1. The first-order chi connectivity index (χ1) is 11.5. The normalized spacial score (nSPS) is 23.1. The predicted octanol–water partition coefficient (Wildman–Crippen LogP) is 1.04. The average molecular weight is 408 g/mol. The number of nitrogens with two attached hydrogens (primary N) is 1. The molecule has 2 atom stereocenters. The van der Waals surface area contributed by atoms with E-state index in [2.05, 4.69) is 10.5 Å². The Kier molecular flexibility index (Phi) is 8.82. The lowest BCUT2D eigenvalue weighted by Gasteiger charge is -2.35. The van der Waals surface area contributed by atoms with Crippen molar-refractivity contribution in [1.82, 2.24) is 15.0 Å². The van der Waals surface area contributed by atoms with Crippen LogP contribution in [-0.2, 0) is 9.59 Å². The number of hydrogen-bond acceptors (Lipinski definition) is 6. The van der Waals surface area contributed by atoms with Gasteiger partial charge in [0.2, 0.25) is 11.8 Å². The zero-order chi connectivity index (χ0) is 17.1. The molecule has 26 heavy (non-hydrogen) atoms. The van der Waals surface area contributed by atoms with Gasteiger partial charge in [0.15, 0.2) is 5.82 Å². The molecule has 1 aliphatic carbocycles. The van der Waals surface area contributed by atoms with E-state index < -0.39 is 0 Å². The fourth-order valence-electron chi connectivity index (χ4n) is 3.44. The SMILES string of the molecule is Cc1cc(NC(=O)CN2CCN(C(=O)C3CCC(N)C3)CC2)no1.Cl.Cl. The van der Waals surface area contributed by atoms with Gasteiger partial charge in [0.1, 0.15) is 5.76 Å². The molecular formula is C16H27Cl2N5O3. The third kappa shape index (κ3) is 5.84. The maximum atomic E-state index is 12.5. The number of rotatable bonds is 4. The van der Waals surface area contributed by atoms with Crippen molar-refractivity contribution in [3.8, 4) is 0 Å². The van der Waals surface area contributed by atoms with E-state index in [9.17, 15) is 9.59 Å². The molecule has 2 fully saturated rings. The molecule has 1 saturated carbocycles. The van der Waals surface area contributed by atoms with E-state index in [-0.39, 0.29) is 48.6 Å². The Labute approximate surface area is 165 Å². The van der Waals surface area contributed by atoms with Gasteiger partial charge >= 0.3 is 0 Å². The molecule has 1 aromatic heterocycles. The zero-order valence-electron chi connectivity index (χ0n) is 14.8. The van der Waals surface area contributed by atoms with Crippen molar-refractivity contribution in [3.05, 3.63) is 11.8 Å². The van der Waals surface area contributed by atoms with Crippen molar-refractivity contribution in [2.75, 3.05) is 38.0 Å². The van der Waals surface area contributed by atoms with Crippen LogP contribution in [0.1, 0.15) is 25.0 Å². The summed E-state index contributed by atoms with van der Waals surface area (Å²) in [5, 5.41) is 6.46. The van der Waals surface area contributed by atoms with E-state index in [4.69, 9.17) is 10.3 Å². The van der Waals surface area contributed by atoms with Crippen LogP contribution in [0.4, 0.5) is 5.82 Å². The minimum atomic E-state index is -0.121. The molecule has 2 unspecified atom stereocenters. The number of aryl methyl sites for hydroxylation is 1. The van der Waals surface area contributed by atoms with E-state index in [1.807, 2.05) is 9.80 Å². The van der Waals surface area contributed by atoms with Gasteiger partial charge in [-0.2, -0.15) is 0 Å². The average Bonchev–Trinajstić information content (AvgIpc) is 3.16. The maximum Gasteiger partial charge on any atom is 0.239 e. The van der Waals surface area contributed by atoms with Crippen molar-refractivity contribution in [3.63, 3.8) is 0 Å². The van der Waals surface area contributed by atoms with Crippen LogP contribution in [0.15, 0.2) is 10.6 Å². The number of halogens is 2. The highest BCUT2D eigenvalue weighted by molar-refractivity contribution is 5.91. The van der Waals surface area contributed by atoms with E-state index in [1.165, 1.54) is 0 Å². The van der Waals surface area contributed by atoms with Crippen molar-refractivity contribution < 1.29 is 14.1 Å². The highest BCUT2D eigenvalue weighted by Crippen LogP contribution is 2.26. The summed E-state index contributed by atoms with van der Waals surface area (Å²) in [5.74, 6) is 1.29. The largest absolute Gasteiger partial charge is 0.360 e. The number of hydrogen-bond donors (Lipinski definition) is 2. The topological polar surface area (TPSA) is 105 Å². The molecule has 10 heteroatoms. The van der Waals surface area contributed by atoms with Crippen molar-refractivity contribution in [2.45, 2.75) is 32.2 Å². The molecule has 2 heterocycles. The lowest BCUT2D eigenvalue weighted by Crippen LogP contribution is -2.51. The molecule has 148 valence electrons. The minimum absolute atomic E-state index is 0. The fourth-order valence-corrected chi connectivity index (χ4v) is 3.44. The Morgan fingerprint density at radius 1 is 1.27 bits per heavy atom. The summed E-state index contributed by atoms with van der Waals surface area (Å²) in [4.78, 5) is 28.5. The molecule has 0 spiro atoms. The summed E-state index contributed by atoms with van der Waals surface area (Å²) in [5.41, 5.74) is 5.90. The first-order valence-electron chi connectivity index (χ1n) is 8.51. The molecule has 8 nitrogen and oxygen atoms in total. The smallest absolute Gasteiger partial charge is 0.239 e. The molecular weight excluding hydrogens is 381 g/mol. The molecule has 3 N–H and O–H groups in total. The number of amides is 2. The number of aromatic nitrogens is 1. The Balaban J connectivity index is 0.00000169. The number of anilines is 1. The third-order valence-electron chi connectivity index (χ3n) is 4.77. The van der Waals surface area contributed by atoms with Crippen LogP contribution in [0.5, 0.6) is 0 Å². The quantitative estimate of drug-likeness (QED) is 0.772. The van der Waals surface area contributed by atoms with E-state index in [0.29, 0.717) is 44.3 Å². The Hall–Kier alpha value is -1.35. The molecule has 1 saturated heterocycles. The summed E-state index contributed by atoms with van der Waals surface area (Å²) < 4.78 is 4.92. The summed E-state index contributed by atoms with van der Waals surface area (Å²) in [6.07, 6.45) is 2.65. The van der Waals surface area contributed by atoms with E-state index >= 15 is 0 Å². The summed E-state index contributed by atoms with van der Waals surface area (Å²) in [6.45, 7) is 4.81. The fraction of sp³-hybridized carbons (Fsp3) is 0.688. The van der Waals surface area contributed by atoms with E-state index in [0.717, 1.165) is 19.3 Å². The van der Waals surface area contributed by atoms with Gasteiger partial charge in [-0.25, -0.2) is 0 Å². The molecule has 3 rings (SSSR count). The highest BCUT2D eigenvalue weighted by Gasteiger charge is 2.32. The van der Waals surface area contributed by atoms with Gasteiger partial charge < -0.3 is 20.5 Å². The van der Waals surface area contributed by atoms with Gasteiger partial charge in [-0.3, -0.25) is 14.5 Å². The lowest BCUT2D eigenvalue weighted by atomic mass is 10.1. The van der Waals surface area contributed by atoms with Crippen LogP contribution in [0.2, 0.25) is 0 Å². The Morgan fingerprint density at radius 2 is 1.96 bits per heavy atom. The zero-order valence-corrected chi connectivity index (χ0v) is 16.5. The van der Waals surface area contributed by atoms with Crippen LogP contribution in [0.3, 0.4) is 0 Å². The molecule has 0 radical (unpaired) electrons. The van der Waals surface area contributed by atoms with Gasteiger partial charge in [0.05, 0.1) is 6.54 Å². The van der Waals surface area contributed by atoms with Crippen LogP contribution in [0.25, 0.3) is 0 Å². The maximum absolute atomic E-state index is 12.5. The van der Waals surface area contributed by atoms with E-state index in [1.54, 1.807) is 13.0 Å². The minimum Gasteiger partial charge on any atom is -0.360 e. The van der Waals surface area contributed by atoms with Crippen LogP contribution in [-0.4, -0.2) is 65.5 Å². The van der Waals surface area contributed by atoms with Crippen molar-refractivity contribution >= 4 is 42.4 Å². The molecule has 1 aliphatic heterocycles. The van der Waals surface area contributed by atoms with Crippen molar-refractivity contribution in [1.29, 1.82) is 0 Å². The first-order valence-corrected chi connectivity index (χ1v) is 8.51. The predicted molar refractivity (Wildman–Crippen MR) is 103 cm³/mol. The van der Waals surface area contributed by atoms with Gasteiger partial charge in [0, 0.05) is 44.2 Å². The highest BCUT2D eigenvalue weighted by atomic mass is 35.5. The number of nitrogens with zero attached hydrogens (tertiary/aromatic N) is 3. The van der Waals surface area contributed by atoms with Crippen LogP contribution < -0.4 is 11.1 Å². The molecule has 0 aromatic carbocycles. The third-order valence-corrected chi connectivity index (χ3v) is 4.77. The summed E-state index contributed by atoms with van der Waals surface area (Å²) in [6, 6.07) is 1.85. The van der Waals surface area contributed by atoms with Gasteiger partial charge in [0.25, 0.3) is 0 Å². The van der Waals surface area contributed by atoms with Crippen molar-refractivity contribution in [2.24, 2.45) is 11.7 Å². The lowest BCUT2D eigenvalue weighted by molar-refractivity contribution is -0.137. The Morgan fingerprint density at radius 3 is 2.50 bits per heavy atom. The van der Waals surface area contributed by atoms with Gasteiger partial charge in [-0.05, 0) is 26.2 Å². The summed E-state index contributed by atoms with van der Waals surface area (Å²) >= 11 is 0. The standard InChI is InChI=1S/C16H25N5O3.2ClH/c1-11-8-14(19-24-11)18-15(22)10-20-4-6-21(7-5-20)16(23)12-2-3-13(17)9-12;;/h8,12-13H,2-7,9-10,17H2,1H3,(H,18,19,22);2*1H. The van der Waals surface area contributed by atoms with Crippen LogP contribution in [0, 0.1) is 12.8 Å². The second-order valence-electron chi connectivity index (χ2n) is 6.74. The number of piperazine rings is 1. The first kappa shape index (κ1) is 22.7. The monoisotopic (exact) mass is 407 g/mol. The van der Waals surface area contributed by atoms with Crippen LogP contribution >= 0.6 is 24.8 Å². The second kappa shape index (κ2) is 10.1. The molecule has 0 bridgehead atoms. The molecule has 2 aliphatic rings. The molecule has 1 aromatic rings. The second-order valence-corrected chi connectivity index (χ2v) is 6.74. The van der Waals surface area contributed by atoms with Gasteiger partial charge in [-0.1, -0.05) is 5.16 Å². The Bertz CT molecular complexity index is 604.